The highest BCUT2D eigenvalue weighted by Crippen LogP contribution is 2.15. The predicted octanol–water partition coefficient (Wildman–Crippen LogP) is 1.46. The normalized spacial score (nSPS) is 13.1. The molecule has 0 radical (unpaired) electrons. The molecule has 0 aliphatic heterocycles. The standard InChI is InChI=1S/C12H18N4O/c1-9-5-6-16-11(8-9)14-15-12(16)10(13)4-3-7-17-2/h5-6,8,10H,3-4,7,13H2,1-2H3. The van der Waals surface area contributed by atoms with Crippen LogP contribution in [0.5, 0.6) is 0 Å². The van der Waals surface area contributed by atoms with E-state index in [1.807, 2.05) is 29.7 Å². The molecule has 0 spiro atoms. The topological polar surface area (TPSA) is 65.4 Å². The van der Waals surface area contributed by atoms with Crippen molar-refractivity contribution < 1.29 is 4.74 Å². The van der Waals surface area contributed by atoms with Crippen molar-refractivity contribution in [3.8, 4) is 0 Å². The zero-order valence-electron chi connectivity index (χ0n) is 10.3. The van der Waals surface area contributed by atoms with Crippen molar-refractivity contribution in [2.45, 2.75) is 25.8 Å². The number of ether oxygens (including phenoxy) is 1. The van der Waals surface area contributed by atoms with Gasteiger partial charge >= 0.3 is 0 Å². The van der Waals surface area contributed by atoms with Gasteiger partial charge in [-0.2, -0.15) is 0 Å². The molecule has 2 rings (SSSR count). The third kappa shape index (κ3) is 2.62. The first kappa shape index (κ1) is 12.0. The zero-order chi connectivity index (χ0) is 12.3. The van der Waals surface area contributed by atoms with Gasteiger partial charge in [0.2, 0.25) is 0 Å². The lowest BCUT2D eigenvalue weighted by Gasteiger charge is -2.09. The summed E-state index contributed by atoms with van der Waals surface area (Å²) >= 11 is 0. The summed E-state index contributed by atoms with van der Waals surface area (Å²) in [6, 6.07) is 3.93. The average Bonchev–Trinajstić information content (AvgIpc) is 2.72. The van der Waals surface area contributed by atoms with E-state index in [1.54, 1.807) is 7.11 Å². The van der Waals surface area contributed by atoms with E-state index in [4.69, 9.17) is 10.5 Å². The minimum Gasteiger partial charge on any atom is -0.385 e. The summed E-state index contributed by atoms with van der Waals surface area (Å²) in [5, 5.41) is 8.29. The predicted molar refractivity (Wildman–Crippen MR) is 65.8 cm³/mol. The summed E-state index contributed by atoms with van der Waals surface area (Å²) in [7, 11) is 1.70. The molecule has 5 nitrogen and oxygen atoms in total. The molecule has 0 fully saturated rings. The van der Waals surface area contributed by atoms with Gasteiger partial charge < -0.3 is 10.5 Å². The number of hydrogen-bond donors (Lipinski definition) is 1. The molecule has 0 bridgehead atoms. The Bertz CT molecular complexity index is 494. The molecular weight excluding hydrogens is 216 g/mol. The Morgan fingerprint density at radius 1 is 1.47 bits per heavy atom. The summed E-state index contributed by atoms with van der Waals surface area (Å²) in [5.74, 6) is 0.816. The smallest absolute Gasteiger partial charge is 0.161 e. The van der Waals surface area contributed by atoms with Crippen LogP contribution in [0.2, 0.25) is 0 Å². The Morgan fingerprint density at radius 3 is 3.06 bits per heavy atom. The largest absolute Gasteiger partial charge is 0.385 e. The first-order chi connectivity index (χ1) is 8.22. The zero-order valence-corrected chi connectivity index (χ0v) is 10.3. The van der Waals surface area contributed by atoms with Gasteiger partial charge in [-0.1, -0.05) is 0 Å². The van der Waals surface area contributed by atoms with Crippen LogP contribution in [-0.4, -0.2) is 28.3 Å². The summed E-state index contributed by atoms with van der Waals surface area (Å²) in [5.41, 5.74) is 8.13. The number of rotatable bonds is 5. The van der Waals surface area contributed by atoms with Crippen molar-refractivity contribution in [1.82, 2.24) is 14.6 Å². The van der Waals surface area contributed by atoms with Gasteiger partial charge in [0.15, 0.2) is 11.5 Å². The van der Waals surface area contributed by atoms with Crippen molar-refractivity contribution in [3.63, 3.8) is 0 Å². The Morgan fingerprint density at radius 2 is 2.29 bits per heavy atom. The van der Waals surface area contributed by atoms with Gasteiger partial charge in [-0.3, -0.25) is 4.40 Å². The van der Waals surface area contributed by atoms with Gasteiger partial charge in [-0.15, -0.1) is 10.2 Å². The lowest BCUT2D eigenvalue weighted by molar-refractivity contribution is 0.190. The van der Waals surface area contributed by atoms with E-state index in [-0.39, 0.29) is 6.04 Å². The number of nitrogens with zero attached hydrogens (tertiary/aromatic N) is 3. The Kier molecular flexibility index (Phi) is 3.71. The van der Waals surface area contributed by atoms with Crippen LogP contribution in [0.1, 0.15) is 30.3 Å². The van der Waals surface area contributed by atoms with Gasteiger partial charge in [0, 0.05) is 19.9 Å². The molecule has 1 unspecified atom stereocenters. The fourth-order valence-electron chi connectivity index (χ4n) is 1.84. The second-order valence-corrected chi connectivity index (χ2v) is 4.23. The van der Waals surface area contributed by atoms with Crippen molar-refractivity contribution in [2.24, 2.45) is 5.73 Å². The molecule has 5 heteroatoms. The van der Waals surface area contributed by atoms with Gasteiger partial charge in [0.25, 0.3) is 0 Å². The van der Waals surface area contributed by atoms with E-state index in [2.05, 4.69) is 10.2 Å². The van der Waals surface area contributed by atoms with Crippen LogP contribution in [0, 0.1) is 6.92 Å². The summed E-state index contributed by atoms with van der Waals surface area (Å²) in [4.78, 5) is 0. The maximum absolute atomic E-state index is 6.11. The summed E-state index contributed by atoms with van der Waals surface area (Å²) < 4.78 is 6.96. The number of aromatic nitrogens is 3. The first-order valence-electron chi connectivity index (χ1n) is 5.78. The quantitative estimate of drug-likeness (QED) is 0.795. The fourth-order valence-corrected chi connectivity index (χ4v) is 1.84. The van der Waals surface area contributed by atoms with Crippen LogP contribution in [0.15, 0.2) is 18.3 Å². The van der Waals surface area contributed by atoms with Crippen molar-refractivity contribution >= 4 is 5.65 Å². The van der Waals surface area contributed by atoms with Crippen LogP contribution >= 0.6 is 0 Å². The number of nitrogens with two attached hydrogens (primary N) is 1. The lowest BCUT2D eigenvalue weighted by atomic mass is 10.1. The molecule has 2 aromatic rings. The molecule has 0 aliphatic carbocycles. The van der Waals surface area contributed by atoms with Gasteiger partial charge in [0.05, 0.1) is 6.04 Å². The number of methoxy groups -OCH3 is 1. The highest BCUT2D eigenvalue weighted by atomic mass is 16.5. The molecule has 0 saturated heterocycles. The van der Waals surface area contributed by atoms with Gasteiger partial charge in [-0.25, -0.2) is 0 Å². The van der Waals surface area contributed by atoms with E-state index in [9.17, 15) is 0 Å². The van der Waals surface area contributed by atoms with Gasteiger partial charge in [-0.05, 0) is 37.5 Å². The van der Waals surface area contributed by atoms with E-state index >= 15 is 0 Å². The Balaban J connectivity index is 2.17. The second-order valence-electron chi connectivity index (χ2n) is 4.23. The molecule has 0 aliphatic rings. The molecule has 0 saturated carbocycles. The van der Waals surface area contributed by atoms with Crippen LogP contribution < -0.4 is 5.73 Å². The minimum atomic E-state index is -0.0946. The average molecular weight is 234 g/mol. The molecule has 17 heavy (non-hydrogen) atoms. The molecule has 2 N–H and O–H groups in total. The van der Waals surface area contributed by atoms with Crippen LogP contribution in [0.25, 0.3) is 5.65 Å². The SMILES string of the molecule is COCCCC(N)c1nnc2cc(C)ccn12. The second kappa shape index (κ2) is 5.25. The van der Waals surface area contributed by atoms with E-state index in [0.717, 1.165) is 30.9 Å². The maximum Gasteiger partial charge on any atom is 0.161 e. The Labute approximate surface area is 101 Å². The molecule has 1 atom stereocenters. The van der Waals surface area contributed by atoms with Crippen LogP contribution in [-0.2, 0) is 4.74 Å². The number of pyridine rings is 1. The summed E-state index contributed by atoms with van der Waals surface area (Å²) in [6.45, 7) is 2.76. The minimum absolute atomic E-state index is 0.0946. The molecule has 2 heterocycles. The molecule has 2 aromatic heterocycles. The monoisotopic (exact) mass is 234 g/mol. The Hall–Kier alpha value is -1.46. The third-order valence-corrected chi connectivity index (χ3v) is 2.79. The number of hydrogen-bond acceptors (Lipinski definition) is 4. The lowest BCUT2D eigenvalue weighted by Crippen LogP contribution is -2.14. The van der Waals surface area contributed by atoms with Crippen LogP contribution in [0.4, 0.5) is 0 Å². The van der Waals surface area contributed by atoms with E-state index in [1.165, 1.54) is 5.56 Å². The third-order valence-electron chi connectivity index (χ3n) is 2.79. The van der Waals surface area contributed by atoms with Crippen LogP contribution in [0.3, 0.4) is 0 Å². The molecular formula is C12H18N4O. The van der Waals surface area contributed by atoms with Crippen molar-refractivity contribution in [3.05, 3.63) is 29.7 Å². The van der Waals surface area contributed by atoms with Gasteiger partial charge in [0.1, 0.15) is 0 Å². The highest BCUT2D eigenvalue weighted by Gasteiger charge is 2.13. The first-order valence-corrected chi connectivity index (χ1v) is 5.78. The van der Waals surface area contributed by atoms with E-state index < -0.39 is 0 Å². The van der Waals surface area contributed by atoms with Crippen molar-refractivity contribution in [2.75, 3.05) is 13.7 Å². The van der Waals surface area contributed by atoms with E-state index in [0.29, 0.717) is 0 Å². The summed E-state index contributed by atoms with van der Waals surface area (Å²) in [6.07, 6.45) is 3.75. The molecule has 0 aromatic carbocycles. The van der Waals surface area contributed by atoms with Crippen molar-refractivity contribution in [1.29, 1.82) is 0 Å². The fraction of sp³-hybridized carbons (Fsp3) is 0.500. The maximum atomic E-state index is 6.11. The number of fused-ring (bicyclic) bond motifs is 1. The number of aryl methyl sites for hydroxylation is 1. The molecule has 92 valence electrons. The molecule has 0 amide bonds. The highest BCUT2D eigenvalue weighted by molar-refractivity contribution is 5.41.